The molecule has 0 spiro atoms. The fraction of sp³-hybridized carbons (Fsp3) is 0.294. The van der Waals surface area contributed by atoms with Crippen molar-refractivity contribution in [3.05, 3.63) is 66.5 Å². The second kappa shape index (κ2) is 5.30. The van der Waals surface area contributed by atoms with Gasteiger partial charge >= 0.3 is 0 Å². The van der Waals surface area contributed by atoms with Crippen LogP contribution < -0.4 is 17.0 Å². The van der Waals surface area contributed by atoms with Crippen LogP contribution in [0.1, 0.15) is 57.1 Å². The van der Waals surface area contributed by atoms with Crippen molar-refractivity contribution in [3.8, 4) is 0 Å². The SMILES string of the molecule is CCc1cc(=O)n(C)c2c1C(=O)c1c(CC)cc(=O)n(N)c1C2=O. The molecule has 0 atom stereocenters. The quantitative estimate of drug-likeness (QED) is 0.675. The summed E-state index contributed by atoms with van der Waals surface area (Å²) in [6, 6.07) is 2.65. The van der Waals surface area contributed by atoms with E-state index in [4.69, 9.17) is 5.84 Å². The number of ketones is 2. The van der Waals surface area contributed by atoms with E-state index in [2.05, 4.69) is 0 Å². The van der Waals surface area contributed by atoms with Crippen LogP contribution in [0.4, 0.5) is 0 Å². The van der Waals surface area contributed by atoms with Crippen LogP contribution >= 0.6 is 0 Å². The van der Waals surface area contributed by atoms with Crippen molar-refractivity contribution in [2.75, 3.05) is 5.84 Å². The first-order chi connectivity index (χ1) is 11.3. The highest BCUT2D eigenvalue weighted by molar-refractivity contribution is 6.28. The molecule has 3 rings (SSSR count). The van der Waals surface area contributed by atoms with Gasteiger partial charge in [0.1, 0.15) is 11.4 Å². The average Bonchev–Trinajstić information content (AvgIpc) is 2.56. The molecule has 1 aliphatic carbocycles. The maximum absolute atomic E-state index is 13.1. The Morgan fingerprint density at radius 1 is 0.833 bits per heavy atom. The predicted octanol–water partition coefficient (Wildman–Crippen LogP) is 0.161. The van der Waals surface area contributed by atoms with Gasteiger partial charge in [-0.2, -0.15) is 0 Å². The van der Waals surface area contributed by atoms with E-state index < -0.39 is 11.3 Å². The molecule has 2 aromatic heterocycles. The molecule has 0 bridgehead atoms. The number of hydrogen-bond donors (Lipinski definition) is 1. The first-order valence-electron chi connectivity index (χ1n) is 7.69. The van der Waals surface area contributed by atoms with Gasteiger partial charge in [0.25, 0.3) is 11.1 Å². The summed E-state index contributed by atoms with van der Waals surface area (Å²) in [5, 5.41) is 0. The van der Waals surface area contributed by atoms with Crippen molar-refractivity contribution in [3.63, 3.8) is 0 Å². The number of nitrogens with two attached hydrogens (primary N) is 1. The molecular formula is C17H17N3O4. The fourth-order valence-corrected chi connectivity index (χ4v) is 3.21. The molecule has 1 aliphatic rings. The van der Waals surface area contributed by atoms with E-state index in [1.165, 1.54) is 19.2 Å². The summed E-state index contributed by atoms with van der Waals surface area (Å²) in [6.45, 7) is 3.61. The summed E-state index contributed by atoms with van der Waals surface area (Å²) in [5.74, 6) is 4.79. The van der Waals surface area contributed by atoms with E-state index in [0.29, 0.717) is 28.6 Å². The second-order valence-electron chi connectivity index (χ2n) is 5.76. The van der Waals surface area contributed by atoms with Crippen LogP contribution in [0.2, 0.25) is 0 Å². The molecule has 0 aliphatic heterocycles. The number of aromatic nitrogens is 2. The van der Waals surface area contributed by atoms with Gasteiger partial charge in [0.2, 0.25) is 5.78 Å². The zero-order valence-electron chi connectivity index (χ0n) is 13.7. The molecule has 0 fully saturated rings. The molecule has 2 N–H and O–H groups in total. The van der Waals surface area contributed by atoms with E-state index >= 15 is 0 Å². The Morgan fingerprint density at radius 2 is 1.33 bits per heavy atom. The van der Waals surface area contributed by atoms with E-state index in [9.17, 15) is 19.2 Å². The van der Waals surface area contributed by atoms with Crippen molar-refractivity contribution in [1.29, 1.82) is 0 Å². The highest BCUT2D eigenvalue weighted by Crippen LogP contribution is 2.29. The Morgan fingerprint density at radius 3 is 1.88 bits per heavy atom. The molecule has 24 heavy (non-hydrogen) atoms. The topological polar surface area (TPSA) is 104 Å². The Hall–Kier alpha value is -2.96. The molecular weight excluding hydrogens is 310 g/mol. The smallest absolute Gasteiger partial charge is 0.269 e. The molecule has 0 radical (unpaired) electrons. The fourth-order valence-electron chi connectivity index (χ4n) is 3.21. The standard InChI is InChI=1S/C17H17N3O4/c1-4-8-6-10(21)19(3)14-12(8)16(23)13-9(5-2)7-11(22)20(18)15(13)17(14)24/h6-7H,4-5,18H2,1-3H3. The van der Waals surface area contributed by atoms with Gasteiger partial charge in [0.15, 0.2) is 5.78 Å². The summed E-state index contributed by atoms with van der Waals surface area (Å²) in [4.78, 5) is 50.2. The third kappa shape index (κ3) is 1.90. The van der Waals surface area contributed by atoms with Gasteiger partial charge in [-0.15, -0.1) is 0 Å². The minimum atomic E-state index is -0.579. The molecule has 0 saturated carbocycles. The van der Waals surface area contributed by atoms with Crippen LogP contribution in [-0.4, -0.2) is 20.8 Å². The lowest BCUT2D eigenvalue weighted by atomic mass is 9.83. The molecule has 0 aromatic carbocycles. The summed E-state index contributed by atoms with van der Waals surface area (Å²) < 4.78 is 1.83. The normalized spacial score (nSPS) is 13.0. The maximum atomic E-state index is 13.1. The molecule has 0 unspecified atom stereocenters. The lowest BCUT2D eigenvalue weighted by Gasteiger charge is -2.24. The van der Waals surface area contributed by atoms with Gasteiger partial charge < -0.3 is 10.4 Å². The molecule has 7 heteroatoms. The van der Waals surface area contributed by atoms with Gasteiger partial charge in [-0.05, 0) is 24.0 Å². The number of pyridine rings is 2. The Bertz CT molecular complexity index is 948. The summed E-state index contributed by atoms with van der Waals surface area (Å²) in [7, 11) is 1.43. The Balaban J connectivity index is 2.52. The average molecular weight is 327 g/mol. The lowest BCUT2D eigenvalue weighted by Crippen LogP contribution is -2.41. The highest BCUT2D eigenvalue weighted by atomic mass is 16.2. The number of fused-ring (bicyclic) bond motifs is 2. The molecule has 124 valence electrons. The predicted molar refractivity (Wildman–Crippen MR) is 88.2 cm³/mol. The van der Waals surface area contributed by atoms with Gasteiger partial charge in [-0.3, -0.25) is 19.2 Å². The van der Waals surface area contributed by atoms with Crippen LogP contribution in [0.3, 0.4) is 0 Å². The first-order valence-corrected chi connectivity index (χ1v) is 7.69. The van der Waals surface area contributed by atoms with Crippen LogP contribution in [0.15, 0.2) is 21.7 Å². The van der Waals surface area contributed by atoms with Gasteiger partial charge in [0.05, 0.1) is 11.1 Å². The van der Waals surface area contributed by atoms with Crippen molar-refractivity contribution < 1.29 is 9.59 Å². The monoisotopic (exact) mass is 327 g/mol. The number of aryl methyl sites for hydroxylation is 2. The van der Waals surface area contributed by atoms with Gasteiger partial charge in [-0.25, -0.2) is 4.68 Å². The number of rotatable bonds is 2. The zero-order valence-corrected chi connectivity index (χ0v) is 13.7. The van der Waals surface area contributed by atoms with Crippen LogP contribution in [0, 0.1) is 0 Å². The molecule has 2 heterocycles. The van der Waals surface area contributed by atoms with Crippen LogP contribution in [0.5, 0.6) is 0 Å². The van der Waals surface area contributed by atoms with E-state index in [0.717, 1.165) is 4.57 Å². The number of nitrogen functional groups attached to an aromatic ring is 1. The van der Waals surface area contributed by atoms with Crippen molar-refractivity contribution in [2.45, 2.75) is 26.7 Å². The van der Waals surface area contributed by atoms with E-state index in [1.54, 1.807) is 6.92 Å². The van der Waals surface area contributed by atoms with E-state index in [1.807, 2.05) is 6.92 Å². The third-order valence-corrected chi connectivity index (χ3v) is 4.50. The molecule has 2 aromatic rings. The van der Waals surface area contributed by atoms with Crippen LogP contribution in [-0.2, 0) is 19.9 Å². The molecule has 0 saturated heterocycles. The third-order valence-electron chi connectivity index (χ3n) is 4.50. The summed E-state index contributed by atoms with van der Waals surface area (Å²) in [5.41, 5.74) is 0.282. The summed E-state index contributed by atoms with van der Waals surface area (Å²) in [6.07, 6.45) is 0.858. The minimum Gasteiger partial charge on any atom is -0.336 e. The van der Waals surface area contributed by atoms with Gasteiger partial charge in [0, 0.05) is 19.2 Å². The van der Waals surface area contributed by atoms with Gasteiger partial charge in [-0.1, -0.05) is 13.8 Å². The first kappa shape index (κ1) is 15.9. The maximum Gasteiger partial charge on any atom is 0.269 e. The molecule has 7 nitrogen and oxygen atoms in total. The van der Waals surface area contributed by atoms with Crippen molar-refractivity contribution in [2.24, 2.45) is 7.05 Å². The number of hydrogen-bond acceptors (Lipinski definition) is 5. The minimum absolute atomic E-state index is 0.0105. The number of carbonyl (C=O) groups is 2. The van der Waals surface area contributed by atoms with Crippen molar-refractivity contribution in [1.82, 2.24) is 9.24 Å². The van der Waals surface area contributed by atoms with Crippen LogP contribution in [0.25, 0.3) is 0 Å². The largest absolute Gasteiger partial charge is 0.336 e. The lowest BCUT2D eigenvalue weighted by molar-refractivity contribution is 0.0963. The second-order valence-corrected chi connectivity index (χ2v) is 5.76. The van der Waals surface area contributed by atoms with E-state index in [-0.39, 0.29) is 33.9 Å². The Kier molecular flexibility index (Phi) is 3.51. The molecule has 0 amide bonds. The number of carbonyl (C=O) groups excluding carboxylic acids is 2. The van der Waals surface area contributed by atoms with Crippen molar-refractivity contribution >= 4 is 11.6 Å². The number of nitrogens with zero attached hydrogens (tertiary/aromatic N) is 2. The summed E-state index contributed by atoms with van der Waals surface area (Å²) >= 11 is 0. The highest BCUT2D eigenvalue weighted by Gasteiger charge is 2.37. The zero-order chi connectivity index (χ0) is 17.8. The Labute approximate surface area is 137 Å².